The molecule has 82 valence electrons. The number of aliphatic hydroxyl groups excluding tert-OH is 1. The standard InChI is InChI=1S/C13H13O2P/c14-9-10-5-1-3-7-12(10)16-13-8-4-2-6-11(13)15/h1-8,14-16H,9H2. The molecule has 0 spiro atoms. The van der Waals surface area contributed by atoms with Crippen molar-refractivity contribution >= 4 is 19.2 Å². The molecule has 0 aromatic heterocycles. The maximum atomic E-state index is 9.68. The number of aromatic hydroxyl groups is 1. The van der Waals surface area contributed by atoms with Crippen LogP contribution in [0.5, 0.6) is 5.75 Å². The third kappa shape index (κ3) is 2.41. The Bertz CT molecular complexity index is 483. The number of phenolic OH excluding ortho intramolecular Hbond substituents is 1. The molecule has 0 aliphatic rings. The fourth-order valence-electron chi connectivity index (χ4n) is 1.50. The van der Waals surface area contributed by atoms with Crippen molar-refractivity contribution in [1.29, 1.82) is 0 Å². The monoisotopic (exact) mass is 232 g/mol. The molecule has 3 heteroatoms. The lowest BCUT2D eigenvalue weighted by Crippen LogP contribution is -2.09. The van der Waals surface area contributed by atoms with Gasteiger partial charge in [0.25, 0.3) is 0 Å². The molecule has 2 aromatic rings. The zero-order valence-corrected chi connectivity index (χ0v) is 9.72. The van der Waals surface area contributed by atoms with Gasteiger partial charge in [0.15, 0.2) is 0 Å². The highest BCUT2D eigenvalue weighted by atomic mass is 31.1. The lowest BCUT2D eigenvalue weighted by atomic mass is 10.2. The topological polar surface area (TPSA) is 40.5 Å². The molecule has 2 nitrogen and oxygen atoms in total. The van der Waals surface area contributed by atoms with E-state index in [0.717, 1.165) is 16.2 Å². The van der Waals surface area contributed by atoms with E-state index in [-0.39, 0.29) is 6.61 Å². The van der Waals surface area contributed by atoms with Gasteiger partial charge in [0.1, 0.15) is 5.75 Å². The van der Waals surface area contributed by atoms with Crippen molar-refractivity contribution in [2.24, 2.45) is 0 Å². The van der Waals surface area contributed by atoms with Gasteiger partial charge >= 0.3 is 0 Å². The summed E-state index contributed by atoms with van der Waals surface area (Å²) in [5.74, 6) is 0.313. The maximum absolute atomic E-state index is 9.68. The van der Waals surface area contributed by atoms with Crippen LogP contribution in [0.15, 0.2) is 48.5 Å². The fourth-order valence-corrected chi connectivity index (χ4v) is 2.69. The summed E-state index contributed by atoms with van der Waals surface area (Å²) in [6.45, 7) is 0.0385. The van der Waals surface area contributed by atoms with Crippen molar-refractivity contribution in [2.45, 2.75) is 6.61 Å². The van der Waals surface area contributed by atoms with Gasteiger partial charge in [0.2, 0.25) is 0 Å². The molecule has 0 amide bonds. The van der Waals surface area contributed by atoms with Gasteiger partial charge in [-0.3, -0.25) is 0 Å². The van der Waals surface area contributed by atoms with Crippen molar-refractivity contribution in [3.8, 4) is 5.75 Å². The smallest absolute Gasteiger partial charge is 0.123 e. The van der Waals surface area contributed by atoms with E-state index in [2.05, 4.69) is 0 Å². The molecule has 2 aromatic carbocycles. The summed E-state index contributed by atoms with van der Waals surface area (Å²) < 4.78 is 0. The first-order valence-corrected chi connectivity index (χ1v) is 6.05. The van der Waals surface area contributed by atoms with Crippen LogP contribution in [0.2, 0.25) is 0 Å². The van der Waals surface area contributed by atoms with E-state index in [0.29, 0.717) is 14.3 Å². The Morgan fingerprint density at radius 2 is 1.50 bits per heavy atom. The van der Waals surface area contributed by atoms with Gasteiger partial charge in [-0.05, 0) is 16.9 Å². The number of benzene rings is 2. The number of para-hydroxylation sites is 1. The van der Waals surface area contributed by atoms with E-state index in [4.69, 9.17) is 0 Å². The lowest BCUT2D eigenvalue weighted by molar-refractivity contribution is 0.283. The first kappa shape index (κ1) is 11.1. The summed E-state index contributed by atoms with van der Waals surface area (Å²) in [7, 11) is 0.371. The summed E-state index contributed by atoms with van der Waals surface area (Å²) >= 11 is 0. The van der Waals surface area contributed by atoms with E-state index in [1.165, 1.54) is 0 Å². The van der Waals surface area contributed by atoms with Crippen LogP contribution in [0.4, 0.5) is 0 Å². The Morgan fingerprint density at radius 3 is 2.19 bits per heavy atom. The van der Waals surface area contributed by atoms with Crippen LogP contribution in [-0.4, -0.2) is 10.2 Å². The third-order valence-electron chi connectivity index (χ3n) is 2.36. The second-order valence-electron chi connectivity index (χ2n) is 3.46. The molecule has 1 unspecified atom stereocenters. The molecule has 0 aliphatic carbocycles. The Balaban J connectivity index is 2.30. The van der Waals surface area contributed by atoms with E-state index in [1.807, 2.05) is 36.4 Å². The minimum absolute atomic E-state index is 0.0385. The van der Waals surface area contributed by atoms with Crippen LogP contribution in [-0.2, 0) is 6.61 Å². The number of aliphatic hydroxyl groups is 1. The van der Waals surface area contributed by atoms with Crippen LogP contribution in [0, 0.1) is 0 Å². The summed E-state index contributed by atoms with van der Waals surface area (Å²) in [4.78, 5) is 0. The number of phenols is 1. The van der Waals surface area contributed by atoms with Crippen LogP contribution in [0.3, 0.4) is 0 Å². The Morgan fingerprint density at radius 1 is 0.875 bits per heavy atom. The fraction of sp³-hybridized carbons (Fsp3) is 0.0769. The molecule has 0 radical (unpaired) electrons. The van der Waals surface area contributed by atoms with Gasteiger partial charge in [0.05, 0.1) is 6.61 Å². The van der Waals surface area contributed by atoms with Gasteiger partial charge < -0.3 is 10.2 Å². The van der Waals surface area contributed by atoms with Crippen molar-refractivity contribution in [2.75, 3.05) is 0 Å². The Labute approximate surface area is 96.4 Å². The molecule has 2 N–H and O–H groups in total. The SMILES string of the molecule is OCc1ccccc1Pc1ccccc1O. The third-order valence-corrected chi connectivity index (χ3v) is 3.81. The summed E-state index contributed by atoms with van der Waals surface area (Å²) in [6, 6.07) is 15.0. The van der Waals surface area contributed by atoms with E-state index < -0.39 is 0 Å². The van der Waals surface area contributed by atoms with Crippen molar-refractivity contribution in [3.63, 3.8) is 0 Å². The zero-order chi connectivity index (χ0) is 11.4. The van der Waals surface area contributed by atoms with E-state index in [9.17, 15) is 10.2 Å². The number of rotatable bonds is 3. The highest BCUT2D eigenvalue weighted by Crippen LogP contribution is 2.19. The van der Waals surface area contributed by atoms with Gasteiger partial charge in [0, 0.05) is 5.30 Å². The van der Waals surface area contributed by atoms with Crippen molar-refractivity contribution in [3.05, 3.63) is 54.1 Å². The first-order valence-electron chi connectivity index (χ1n) is 5.05. The number of hydrogen-bond donors (Lipinski definition) is 2. The quantitative estimate of drug-likeness (QED) is 0.787. The Hall–Kier alpha value is -1.37. The zero-order valence-electron chi connectivity index (χ0n) is 8.72. The van der Waals surface area contributed by atoms with Gasteiger partial charge in [-0.1, -0.05) is 51.0 Å². The minimum Gasteiger partial charge on any atom is -0.507 e. The average Bonchev–Trinajstić information content (AvgIpc) is 2.33. The van der Waals surface area contributed by atoms with Crippen LogP contribution in [0.25, 0.3) is 0 Å². The second-order valence-corrected chi connectivity index (χ2v) is 4.78. The van der Waals surface area contributed by atoms with Crippen molar-refractivity contribution < 1.29 is 10.2 Å². The predicted molar refractivity (Wildman–Crippen MR) is 68.1 cm³/mol. The maximum Gasteiger partial charge on any atom is 0.123 e. The van der Waals surface area contributed by atoms with E-state index in [1.54, 1.807) is 12.1 Å². The van der Waals surface area contributed by atoms with Gasteiger partial charge in [-0.25, -0.2) is 0 Å². The molecule has 1 atom stereocenters. The van der Waals surface area contributed by atoms with Crippen LogP contribution in [0.1, 0.15) is 5.56 Å². The van der Waals surface area contributed by atoms with Crippen LogP contribution >= 0.6 is 8.58 Å². The van der Waals surface area contributed by atoms with Crippen LogP contribution < -0.4 is 10.6 Å². The highest BCUT2D eigenvalue weighted by Gasteiger charge is 2.04. The summed E-state index contributed by atoms with van der Waals surface area (Å²) in [5.41, 5.74) is 0.920. The minimum atomic E-state index is 0.0385. The molecule has 16 heavy (non-hydrogen) atoms. The summed E-state index contributed by atoms with van der Waals surface area (Å²) in [5, 5.41) is 20.9. The highest BCUT2D eigenvalue weighted by molar-refractivity contribution is 7.55. The molecule has 0 bridgehead atoms. The second kappa shape index (κ2) is 5.11. The van der Waals surface area contributed by atoms with Gasteiger partial charge in [-0.2, -0.15) is 0 Å². The average molecular weight is 232 g/mol. The molecule has 0 saturated carbocycles. The Kier molecular flexibility index (Phi) is 3.55. The van der Waals surface area contributed by atoms with Gasteiger partial charge in [-0.15, -0.1) is 0 Å². The lowest BCUT2D eigenvalue weighted by Gasteiger charge is -2.08. The molecule has 0 fully saturated rings. The molecule has 0 saturated heterocycles. The molecular formula is C13H13O2P. The van der Waals surface area contributed by atoms with Crippen molar-refractivity contribution in [1.82, 2.24) is 0 Å². The molecule has 2 rings (SSSR count). The normalized spacial score (nSPS) is 11.1. The molecule has 0 aliphatic heterocycles. The largest absolute Gasteiger partial charge is 0.507 e. The first-order chi connectivity index (χ1) is 7.81. The molecule has 0 heterocycles. The summed E-state index contributed by atoms with van der Waals surface area (Å²) in [6.07, 6.45) is 0. The number of hydrogen-bond acceptors (Lipinski definition) is 2. The predicted octanol–water partition coefficient (Wildman–Crippen LogP) is 1.51. The van der Waals surface area contributed by atoms with E-state index >= 15 is 0 Å². The molecular weight excluding hydrogens is 219 g/mol.